The average Bonchev–Trinajstić information content (AvgIpc) is 2.96. The second-order valence-electron chi connectivity index (χ2n) is 5.01. The molecule has 0 saturated carbocycles. The Balaban J connectivity index is 2.37. The third kappa shape index (κ3) is 2.76. The summed E-state index contributed by atoms with van der Waals surface area (Å²) >= 11 is 0. The molecule has 0 aliphatic heterocycles. The van der Waals surface area contributed by atoms with Crippen molar-refractivity contribution in [2.24, 2.45) is 0 Å². The summed E-state index contributed by atoms with van der Waals surface area (Å²) in [5, 5.41) is 15.0. The van der Waals surface area contributed by atoms with E-state index >= 15 is 0 Å². The number of aliphatic hydroxyl groups is 1. The second kappa shape index (κ2) is 6.20. The van der Waals surface area contributed by atoms with Crippen LogP contribution in [0.3, 0.4) is 0 Å². The number of para-hydroxylation sites is 1. The Hall–Kier alpha value is -1.65. The van der Waals surface area contributed by atoms with Crippen LogP contribution < -0.4 is 0 Å². The van der Waals surface area contributed by atoms with Gasteiger partial charge < -0.3 is 9.84 Å². The molecule has 1 aromatic carbocycles. The molecule has 4 heteroatoms. The van der Waals surface area contributed by atoms with E-state index in [1.807, 2.05) is 57.2 Å². The third-order valence-electron chi connectivity index (χ3n) is 3.71. The molecule has 4 nitrogen and oxygen atoms in total. The molecule has 0 aliphatic carbocycles. The Morgan fingerprint density at radius 3 is 2.55 bits per heavy atom. The molecular formula is C16H22N2O2. The van der Waals surface area contributed by atoms with Crippen molar-refractivity contribution in [3.63, 3.8) is 0 Å². The summed E-state index contributed by atoms with van der Waals surface area (Å²) < 4.78 is 7.53. The maximum atomic E-state index is 10.7. The van der Waals surface area contributed by atoms with Gasteiger partial charge in [-0.25, -0.2) is 4.68 Å². The zero-order chi connectivity index (χ0) is 14.6. The van der Waals surface area contributed by atoms with Crippen LogP contribution in [-0.2, 0) is 4.74 Å². The molecule has 0 amide bonds. The van der Waals surface area contributed by atoms with Gasteiger partial charge in [-0.1, -0.05) is 25.1 Å². The molecule has 1 N–H and O–H groups in total. The van der Waals surface area contributed by atoms with E-state index in [0.29, 0.717) is 6.61 Å². The van der Waals surface area contributed by atoms with Gasteiger partial charge in [-0.3, -0.25) is 0 Å². The van der Waals surface area contributed by atoms with Gasteiger partial charge in [0.2, 0.25) is 0 Å². The Labute approximate surface area is 120 Å². The van der Waals surface area contributed by atoms with Gasteiger partial charge >= 0.3 is 0 Å². The van der Waals surface area contributed by atoms with E-state index in [1.54, 1.807) is 10.9 Å². The Morgan fingerprint density at radius 1 is 1.25 bits per heavy atom. The summed E-state index contributed by atoms with van der Waals surface area (Å²) in [5.74, 6) is 0. The van der Waals surface area contributed by atoms with Gasteiger partial charge in [0.05, 0.1) is 17.0 Å². The van der Waals surface area contributed by atoms with Crippen LogP contribution in [0.2, 0.25) is 0 Å². The molecule has 1 heterocycles. The lowest BCUT2D eigenvalue weighted by Gasteiger charge is -2.33. The maximum Gasteiger partial charge on any atom is 0.125 e. The van der Waals surface area contributed by atoms with Crippen LogP contribution in [0.25, 0.3) is 5.69 Å². The number of benzene rings is 1. The third-order valence-corrected chi connectivity index (χ3v) is 3.71. The highest BCUT2D eigenvalue weighted by atomic mass is 16.5. The summed E-state index contributed by atoms with van der Waals surface area (Å²) in [5.41, 5.74) is 1.07. The zero-order valence-electron chi connectivity index (χ0n) is 12.3. The average molecular weight is 274 g/mol. The predicted molar refractivity (Wildman–Crippen MR) is 78.8 cm³/mol. The fourth-order valence-corrected chi connectivity index (χ4v) is 2.32. The molecule has 2 rings (SSSR count). The first-order chi connectivity index (χ1) is 9.62. The molecule has 2 unspecified atom stereocenters. The van der Waals surface area contributed by atoms with Crippen molar-refractivity contribution in [2.75, 3.05) is 6.61 Å². The van der Waals surface area contributed by atoms with Crippen molar-refractivity contribution in [1.82, 2.24) is 9.78 Å². The van der Waals surface area contributed by atoms with Crippen molar-refractivity contribution in [3.05, 3.63) is 48.3 Å². The molecule has 108 valence electrons. The van der Waals surface area contributed by atoms with Gasteiger partial charge in [-0.2, -0.15) is 5.10 Å². The van der Waals surface area contributed by atoms with Crippen LogP contribution in [0.15, 0.2) is 42.6 Å². The summed E-state index contributed by atoms with van der Waals surface area (Å²) in [6.45, 7) is 6.46. The first-order valence-corrected chi connectivity index (χ1v) is 7.03. The molecular weight excluding hydrogens is 252 g/mol. The quantitative estimate of drug-likeness (QED) is 0.880. The number of ether oxygens (including phenoxy) is 1. The van der Waals surface area contributed by atoms with Crippen LogP contribution >= 0.6 is 0 Å². The Kier molecular flexibility index (Phi) is 4.57. The van der Waals surface area contributed by atoms with Gasteiger partial charge in [0.1, 0.15) is 6.10 Å². The highest BCUT2D eigenvalue weighted by Gasteiger charge is 2.35. The summed E-state index contributed by atoms with van der Waals surface area (Å²) in [6, 6.07) is 11.6. The van der Waals surface area contributed by atoms with Crippen molar-refractivity contribution in [1.29, 1.82) is 0 Å². The smallest absolute Gasteiger partial charge is 0.125 e. The molecule has 2 atom stereocenters. The standard InChI is InChI=1S/C16H22N2O2/c1-4-16(3,20-5-2)15(19)14-11-12-17-18(14)13-9-7-6-8-10-13/h6-12,15,19H,4-5H2,1-3H3. The highest BCUT2D eigenvalue weighted by Crippen LogP contribution is 2.32. The molecule has 0 spiro atoms. The maximum absolute atomic E-state index is 10.7. The fraction of sp³-hybridized carbons (Fsp3) is 0.438. The van der Waals surface area contributed by atoms with Crippen molar-refractivity contribution >= 4 is 0 Å². The molecule has 0 fully saturated rings. The van der Waals surface area contributed by atoms with Crippen LogP contribution in [0.5, 0.6) is 0 Å². The van der Waals surface area contributed by atoms with E-state index in [0.717, 1.165) is 17.8 Å². The topological polar surface area (TPSA) is 47.3 Å². The van der Waals surface area contributed by atoms with Gasteiger partial charge in [0.15, 0.2) is 0 Å². The Bertz CT molecular complexity index is 538. The van der Waals surface area contributed by atoms with Gasteiger partial charge in [-0.15, -0.1) is 0 Å². The molecule has 20 heavy (non-hydrogen) atoms. The van der Waals surface area contributed by atoms with Gasteiger partial charge in [-0.05, 0) is 38.5 Å². The lowest BCUT2D eigenvalue weighted by Crippen LogP contribution is -2.36. The molecule has 0 radical (unpaired) electrons. The SMILES string of the molecule is CCOC(C)(CC)C(O)c1ccnn1-c1ccccc1. The van der Waals surface area contributed by atoms with E-state index < -0.39 is 11.7 Å². The molecule has 0 saturated heterocycles. The second-order valence-corrected chi connectivity index (χ2v) is 5.01. The van der Waals surface area contributed by atoms with E-state index in [9.17, 15) is 5.11 Å². The highest BCUT2D eigenvalue weighted by molar-refractivity contribution is 5.33. The lowest BCUT2D eigenvalue weighted by atomic mass is 9.93. The van der Waals surface area contributed by atoms with E-state index in [1.165, 1.54) is 0 Å². The van der Waals surface area contributed by atoms with E-state index in [4.69, 9.17) is 4.74 Å². The monoisotopic (exact) mass is 274 g/mol. The minimum Gasteiger partial charge on any atom is -0.384 e. The Morgan fingerprint density at radius 2 is 1.95 bits per heavy atom. The van der Waals surface area contributed by atoms with Crippen molar-refractivity contribution in [2.45, 2.75) is 38.9 Å². The first kappa shape index (κ1) is 14.8. The van der Waals surface area contributed by atoms with E-state index in [-0.39, 0.29) is 0 Å². The zero-order valence-corrected chi connectivity index (χ0v) is 12.3. The number of rotatable bonds is 6. The van der Waals surface area contributed by atoms with E-state index in [2.05, 4.69) is 5.10 Å². The van der Waals surface area contributed by atoms with Gasteiger partial charge in [0, 0.05) is 12.8 Å². The first-order valence-electron chi connectivity index (χ1n) is 7.03. The normalized spacial score (nSPS) is 15.8. The summed E-state index contributed by atoms with van der Waals surface area (Å²) in [7, 11) is 0. The minimum absolute atomic E-state index is 0.570. The van der Waals surface area contributed by atoms with Crippen LogP contribution in [-0.4, -0.2) is 27.1 Å². The number of hydrogen-bond acceptors (Lipinski definition) is 3. The van der Waals surface area contributed by atoms with Crippen LogP contribution in [0.4, 0.5) is 0 Å². The fourth-order valence-electron chi connectivity index (χ4n) is 2.32. The molecule has 0 aliphatic rings. The predicted octanol–water partition coefficient (Wildman–Crippen LogP) is 3.11. The van der Waals surface area contributed by atoms with Crippen LogP contribution in [0, 0.1) is 0 Å². The number of nitrogens with zero attached hydrogens (tertiary/aromatic N) is 2. The van der Waals surface area contributed by atoms with Crippen molar-refractivity contribution < 1.29 is 9.84 Å². The van der Waals surface area contributed by atoms with Crippen molar-refractivity contribution in [3.8, 4) is 5.69 Å². The number of aromatic nitrogens is 2. The molecule has 2 aromatic rings. The number of aliphatic hydroxyl groups excluding tert-OH is 1. The lowest BCUT2D eigenvalue weighted by molar-refractivity contribution is -0.115. The summed E-state index contributed by atoms with van der Waals surface area (Å²) in [6.07, 6.45) is 1.70. The number of hydrogen-bond donors (Lipinski definition) is 1. The molecule has 0 bridgehead atoms. The minimum atomic E-state index is -0.727. The van der Waals surface area contributed by atoms with Crippen LogP contribution in [0.1, 0.15) is 39.0 Å². The molecule has 1 aromatic heterocycles. The summed E-state index contributed by atoms with van der Waals surface area (Å²) in [4.78, 5) is 0. The largest absolute Gasteiger partial charge is 0.384 e. The van der Waals surface area contributed by atoms with Gasteiger partial charge in [0.25, 0.3) is 0 Å².